The zero-order valence-electron chi connectivity index (χ0n) is 12.5. The molecule has 1 saturated carbocycles. The zero-order chi connectivity index (χ0) is 14.5. The molecule has 0 spiro atoms. The van der Waals surface area contributed by atoms with E-state index >= 15 is 0 Å². The van der Waals surface area contributed by atoms with Gasteiger partial charge in [-0.15, -0.1) is 0 Å². The third-order valence-electron chi connectivity index (χ3n) is 4.79. The quantitative estimate of drug-likeness (QED) is 0.848. The van der Waals surface area contributed by atoms with Crippen LogP contribution in [0.5, 0.6) is 0 Å². The number of hydrogen-bond acceptors (Lipinski definition) is 1. The molecule has 0 bridgehead atoms. The van der Waals surface area contributed by atoms with Gasteiger partial charge in [0.25, 0.3) is 0 Å². The first-order chi connectivity index (χ1) is 9.63. The highest BCUT2D eigenvalue weighted by Gasteiger charge is 2.27. The van der Waals surface area contributed by atoms with Gasteiger partial charge in [0.2, 0.25) is 0 Å². The van der Waals surface area contributed by atoms with Crippen LogP contribution in [0.1, 0.15) is 44.6 Å². The van der Waals surface area contributed by atoms with Gasteiger partial charge in [-0.3, -0.25) is 0 Å². The van der Waals surface area contributed by atoms with Gasteiger partial charge >= 0.3 is 0 Å². The SMILES string of the molecule is CCC1CCCC(C(Cc2cc(F)ccc2F)NC)C1. The van der Waals surface area contributed by atoms with Gasteiger partial charge in [0.1, 0.15) is 11.6 Å². The van der Waals surface area contributed by atoms with Gasteiger partial charge in [0.15, 0.2) is 0 Å². The molecule has 3 atom stereocenters. The van der Waals surface area contributed by atoms with E-state index in [4.69, 9.17) is 0 Å². The second kappa shape index (κ2) is 7.16. The van der Waals surface area contributed by atoms with Gasteiger partial charge in [0, 0.05) is 6.04 Å². The lowest BCUT2D eigenvalue weighted by Crippen LogP contribution is -2.38. The average molecular weight is 281 g/mol. The highest BCUT2D eigenvalue weighted by Crippen LogP contribution is 2.34. The summed E-state index contributed by atoms with van der Waals surface area (Å²) in [5.74, 6) is 0.712. The lowest BCUT2D eigenvalue weighted by Gasteiger charge is -2.34. The summed E-state index contributed by atoms with van der Waals surface area (Å²) in [5.41, 5.74) is 0.489. The predicted molar refractivity (Wildman–Crippen MR) is 78.6 cm³/mol. The Morgan fingerprint density at radius 3 is 2.80 bits per heavy atom. The topological polar surface area (TPSA) is 12.0 Å². The van der Waals surface area contributed by atoms with Gasteiger partial charge in [0.05, 0.1) is 0 Å². The largest absolute Gasteiger partial charge is 0.316 e. The van der Waals surface area contributed by atoms with Crippen molar-refractivity contribution in [3.63, 3.8) is 0 Å². The van der Waals surface area contributed by atoms with E-state index in [2.05, 4.69) is 12.2 Å². The number of halogens is 2. The molecule has 2 rings (SSSR count). The van der Waals surface area contributed by atoms with Crippen LogP contribution in [0, 0.1) is 23.5 Å². The summed E-state index contributed by atoms with van der Waals surface area (Å²) in [7, 11) is 1.93. The summed E-state index contributed by atoms with van der Waals surface area (Å²) in [5, 5.41) is 3.32. The molecular formula is C17H25F2N. The van der Waals surface area contributed by atoms with Crippen LogP contribution in [-0.2, 0) is 6.42 Å². The Morgan fingerprint density at radius 1 is 1.30 bits per heavy atom. The standard InChI is InChI=1S/C17H25F2N/c1-3-12-5-4-6-13(9-12)17(20-2)11-14-10-15(18)7-8-16(14)19/h7-8,10,12-13,17,20H,3-6,9,11H2,1-2H3. The van der Waals surface area contributed by atoms with Crippen LogP contribution in [0.25, 0.3) is 0 Å². The third-order valence-corrected chi connectivity index (χ3v) is 4.79. The molecule has 1 N–H and O–H groups in total. The number of hydrogen-bond donors (Lipinski definition) is 1. The van der Waals surface area contributed by atoms with Crippen molar-refractivity contribution in [1.82, 2.24) is 5.32 Å². The Morgan fingerprint density at radius 2 is 2.10 bits per heavy atom. The van der Waals surface area contributed by atoms with Gasteiger partial charge in [-0.2, -0.15) is 0 Å². The minimum atomic E-state index is -0.355. The molecule has 1 aromatic rings. The van der Waals surface area contributed by atoms with Crippen molar-refractivity contribution in [2.45, 2.75) is 51.5 Å². The van der Waals surface area contributed by atoms with Crippen molar-refractivity contribution in [3.05, 3.63) is 35.4 Å². The first-order valence-corrected chi connectivity index (χ1v) is 7.75. The van der Waals surface area contributed by atoms with Crippen molar-refractivity contribution < 1.29 is 8.78 Å². The molecule has 20 heavy (non-hydrogen) atoms. The Bertz CT molecular complexity index is 433. The Balaban J connectivity index is 2.06. The molecule has 0 heterocycles. The number of nitrogens with one attached hydrogen (secondary N) is 1. The molecule has 1 aliphatic rings. The molecule has 0 aromatic heterocycles. The molecule has 1 aromatic carbocycles. The van der Waals surface area contributed by atoms with E-state index < -0.39 is 0 Å². The van der Waals surface area contributed by atoms with Crippen LogP contribution in [0.2, 0.25) is 0 Å². The molecule has 0 aliphatic heterocycles. The number of likely N-dealkylation sites (N-methyl/N-ethyl adjacent to an activating group) is 1. The summed E-state index contributed by atoms with van der Waals surface area (Å²) in [6.07, 6.45) is 6.77. The molecule has 3 heteroatoms. The van der Waals surface area contributed by atoms with Crippen LogP contribution < -0.4 is 5.32 Å². The fourth-order valence-electron chi connectivity index (χ4n) is 3.51. The van der Waals surface area contributed by atoms with E-state index in [1.54, 1.807) is 0 Å². The molecule has 1 nitrogen and oxygen atoms in total. The van der Waals surface area contributed by atoms with Crippen LogP contribution in [0.4, 0.5) is 8.78 Å². The minimum Gasteiger partial charge on any atom is -0.316 e. The Labute approximate surface area is 120 Å². The van der Waals surface area contributed by atoms with Gasteiger partial charge < -0.3 is 5.32 Å². The van der Waals surface area contributed by atoms with E-state index in [0.717, 1.165) is 5.92 Å². The molecule has 1 fully saturated rings. The van der Waals surface area contributed by atoms with Crippen LogP contribution in [-0.4, -0.2) is 13.1 Å². The second-order valence-electron chi connectivity index (χ2n) is 6.04. The summed E-state index contributed by atoms with van der Waals surface area (Å²) in [6, 6.07) is 3.98. The van der Waals surface area contributed by atoms with Crippen molar-refractivity contribution in [3.8, 4) is 0 Å². The maximum Gasteiger partial charge on any atom is 0.126 e. The van der Waals surface area contributed by atoms with E-state index in [9.17, 15) is 8.78 Å². The van der Waals surface area contributed by atoms with Crippen molar-refractivity contribution in [1.29, 1.82) is 0 Å². The van der Waals surface area contributed by atoms with E-state index in [1.807, 2.05) is 7.05 Å². The number of rotatable bonds is 5. The zero-order valence-corrected chi connectivity index (χ0v) is 12.5. The summed E-state index contributed by atoms with van der Waals surface area (Å²) < 4.78 is 27.1. The Kier molecular flexibility index (Phi) is 5.53. The van der Waals surface area contributed by atoms with E-state index in [0.29, 0.717) is 17.9 Å². The molecule has 0 amide bonds. The molecule has 1 aliphatic carbocycles. The lowest BCUT2D eigenvalue weighted by atomic mass is 9.75. The average Bonchev–Trinajstić information content (AvgIpc) is 2.48. The fraction of sp³-hybridized carbons (Fsp3) is 0.647. The van der Waals surface area contributed by atoms with E-state index in [-0.39, 0.29) is 17.7 Å². The highest BCUT2D eigenvalue weighted by atomic mass is 19.1. The van der Waals surface area contributed by atoms with Crippen LogP contribution in [0.15, 0.2) is 18.2 Å². The van der Waals surface area contributed by atoms with Crippen LogP contribution >= 0.6 is 0 Å². The highest BCUT2D eigenvalue weighted by molar-refractivity contribution is 5.20. The molecule has 0 radical (unpaired) electrons. The van der Waals surface area contributed by atoms with Crippen LogP contribution in [0.3, 0.4) is 0 Å². The monoisotopic (exact) mass is 281 g/mol. The van der Waals surface area contributed by atoms with Crippen molar-refractivity contribution >= 4 is 0 Å². The first kappa shape index (κ1) is 15.4. The normalized spacial score (nSPS) is 24.6. The number of benzene rings is 1. The summed E-state index contributed by atoms with van der Waals surface area (Å²) >= 11 is 0. The second-order valence-corrected chi connectivity index (χ2v) is 6.04. The molecular weight excluding hydrogens is 256 g/mol. The minimum absolute atomic E-state index is 0.237. The van der Waals surface area contributed by atoms with Gasteiger partial charge in [-0.05, 0) is 61.9 Å². The maximum absolute atomic E-state index is 13.8. The van der Waals surface area contributed by atoms with Crippen molar-refractivity contribution in [2.24, 2.45) is 11.8 Å². The fourth-order valence-corrected chi connectivity index (χ4v) is 3.51. The van der Waals surface area contributed by atoms with Gasteiger partial charge in [-0.25, -0.2) is 8.78 Å². The molecule has 3 unspecified atom stereocenters. The molecule has 112 valence electrons. The molecule has 0 saturated heterocycles. The summed E-state index contributed by atoms with van der Waals surface area (Å²) in [4.78, 5) is 0. The predicted octanol–water partition coefficient (Wildman–Crippen LogP) is 4.31. The first-order valence-electron chi connectivity index (χ1n) is 7.75. The maximum atomic E-state index is 13.8. The van der Waals surface area contributed by atoms with Crippen molar-refractivity contribution in [2.75, 3.05) is 7.05 Å². The summed E-state index contributed by atoms with van der Waals surface area (Å²) in [6.45, 7) is 2.24. The third kappa shape index (κ3) is 3.78. The van der Waals surface area contributed by atoms with Gasteiger partial charge in [-0.1, -0.05) is 26.2 Å². The Hall–Kier alpha value is -0.960. The van der Waals surface area contributed by atoms with E-state index in [1.165, 1.54) is 50.3 Å². The lowest BCUT2D eigenvalue weighted by molar-refractivity contribution is 0.212. The smallest absolute Gasteiger partial charge is 0.126 e.